The number of aromatic hydroxyl groups is 1. The van der Waals surface area contributed by atoms with Crippen LogP contribution in [0.2, 0.25) is 5.02 Å². The van der Waals surface area contributed by atoms with Gasteiger partial charge in [-0.2, -0.15) is 5.26 Å². The number of nitrogens with zero attached hydrogens (tertiary/aromatic N) is 4. The molecule has 150 valence electrons. The van der Waals surface area contributed by atoms with E-state index >= 15 is 0 Å². The van der Waals surface area contributed by atoms with Crippen LogP contribution in [0.1, 0.15) is 12.5 Å². The summed E-state index contributed by atoms with van der Waals surface area (Å²) in [6, 6.07) is 5.01. The van der Waals surface area contributed by atoms with Gasteiger partial charge < -0.3 is 19.7 Å². The average Bonchev–Trinajstić information content (AvgIpc) is 3.11. The molecule has 29 heavy (non-hydrogen) atoms. The molecule has 10 heteroatoms. The van der Waals surface area contributed by atoms with E-state index < -0.39 is 5.25 Å². The van der Waals surface area contributed by atoms with E-state index in [0.29, 0.717) is 33.0 Å². The van der Waals surface area contributed by atoms with E-state index in [4.69, 9.17) is 16.3 Å². The lowest BCUT2D eigenvalue weighted by Gasteiger charge is -2.16. The van der Waals surface area contributed by atoms with Crippen molar-refractivity contribution < 1.29 is 14.6 Å². The molecule has 8 nitrogen and oxygen atoms in total. The number of aromatic nitrogens is 3. The summed E-state index contributed by atoms with van der Waals surface area (Å²) in [5, 5.41) is 20.4. The van der Waals surface area contributed by atoms with Gasteiger partial charge in [0.05, 0.1) is 34.0 Å². The molecule has 0 fully saturated rings. The fourth-order valence-electron chi connectivity index (χ4n) is 2.81. The number of thioether (sulfide) groups is 1. The molecule has 3 rings (SSSR count). The first-order chi connectivity index (χ1) is 13.8. The van der Waals surface area contributed by atoms with Crippen LogP contribution in [0, 0.1) is 11.3 Å². The van der Waals surface area contributed by atoms with Crippen LogP contribution in [0.5, 0.6) is 11.5 Å². The van der Waals surface area contributed by atoms with Crippen LogP contribution in [0.25, 0.3) is 22.3 Å². The first-order valence-corrected chi connectivity index (χ1v) is 9.76. The molecular formula is C19H18ClN5O3S. The number of H-pyrrole nitrogens is 1. The molecule has 0 aliphatic heterocycles. The highest BCUT2D eigenvalue weighted by atomic mass is 35.5. The van der Waals surface area contributed by atoms with Crippen LogP contribution in [0.3, 0.4) is 0 Å². The fraction of sp³-hybridized carbons (Fsp3) is 0.263. The molecule has 3 aromatic rings. The van der Waals surface area contributed by atoms with Crippen LogP contribution in [-0.2, 0) is 4.79 Å². The van der Waals surface area contributed by atoms with Crippen LogP contribution in [0.4, 0.5) is 0 Å². The lowest BCUT2D eigenvalue weighted by molar-refractivity contribution is -0.127. The maximum Gasteiger partial charge on any atom is 0.235 e. The maximum atomic E-state index is 12.2. The number of phenols is 1. The minimum absolute atomic E-state index is 0.0791. The van der Waals surface area contributed by atoms with Gasteiger partial charge in [-0.25, -0.2) is 9.97 Å². The Kier molecular flexibility index (Phi) is 5.86. The van der Waals surface area contributed by atoms with Crippen molar-refractivity contribution in [3.05, 3.63) is 28.9 Å². The number of carbonyl (C=O) groups excluding carboxylic acids is 1. The van der Waals surface area contributed by atoms with Crippen molar-refractivity contribution in [2.75, 3.05) is 21.2 Å². The summed E-state index contributed by atoms with van der Waals surface area (Å²) >= 11 is 7.61. The number of hydrogen-bond donors (Lipinski definition) is 2. The maximum absolute atomic E-state index is 12.2. The number of methoxy groups -OCH3 is 1. The zero-order valence-corrected chi connectivity index (χ0v) is 17.7. The Hall–Kier alpha value is -2.96. The minimum Gasteiger partial charge on any atom is -0.504 e. The summed E-state index contributed by atoms with van der Waals surface area (Å²) in [5.41, 5.74) is 1.57. The number of rotatable bonds is 5. The first-order valence-electron chi connectivity index (χ1n) is 8.50. The summed E-state index contributed by atoms with van der Waals surface area (Å²) in [6.07, 6.45) is 1.53. The van der Waals surface area contributed by atoms with E-state index in [1.165, 1.54) is 42.1 Å². The molecule has 1 unspecified atom stereocenters. The lowest BCUT2D eigenvalue weighted by Crippen LogP contribution is -2.29. The van der Waals surface area contributed by atoms with Crippen molar-refractivity contribution in [2.24, 2.45) is 0 Å². The Morgan fingerprint density at radius 3 is 2.76 bits per heavy atom. The number of hydrogen-bond acceptors (Lipinski definition) is 7. The minimum atomic E-state index is -0.416. The molecule has 1 atom stereocenters. The van der Waals surface area contributed by atoms with E-state index in [0.717, 1.165) is 0 Å². The summed E-state index contributed by atoms with van der Waals surface area (Å²) in [5.74, 6) is 0.0288. The van der Waals surface area contributed by atoms with E-state index in [2.05, 4.69) is 21.0 Å². The third-order valence-corrected chi connectivity index (χ3v) is 5.49. The highest BCUT2D eigenvalue weighted by Gasteiger charge is 2.22. The smallest absolute Gasteiger partial charge is 0.235 e. The van der Waals surface area contributed by atoms with E-state index in [9.17, 15) is 15.2 Å². The number of benzene rings is 1. The van der Waals surface area contributed by atoms with Gasteiger partial charge in [0.15, 0.2) is 16.7 Å². The molecule has 2 aromatic heterocycles. The Bertz CT molecular complexity index is 1140. The first kappa shape index (κ1) is 20.8. The lowest BCUT2D eigenvalue weighted by atomic mass is 10.1. The van der Waals surface area contributed by atoms with Crippen LogP contribution < -0.4 is 4.74 Å². The Morgan fingerprint density at radius 1 is 1.41 bits per heavy atom. The number of fused-ring (bicyclic) bond motifs is 1. The van der Waals surface area contributed by atoms with Gasteiger partial charge in [-0.3, -0.25) is 4.79 Å². The van der Waals surface area contributed by atoms with Gasteiger partial charge in [-0.1, -0.05) is 23.4 Å². The number of aromatic amines is 1. The Morgan fingerprint density at radius 2 is 2.14 bits per heavy atom. The molecule has 0 spiro atoms. The van der Waals surface area contributed by atoms with E-state index in [1.54, 1.807) is 21.0 Å². The second-order valence-electron chi connectivity index (χ2n) is 6.39. The molecule has 1 amide bonds. The zero-order chi connectivity index (χ0) is 21.3. The molecule has 0 aliphatic rings. The number of ether oxygens (including phenoxy) is 1. The van der Waals surface area contributed by atoms with Crippen molar-refractivity contribution >= 4 is 40.3 Å². The second-order valence-corrected chi connectivity index (χ2v) is 8.10. The molecule has 0 bridgehead atoms. The SMILES string of the molecule is COc1cc(Cl)c(-c2nc(SC(C)C(=O)N(C)C)nc3[nH]cc(C#N)c23)cc1O. The van der Waals surface area contributed by atoms with E-state index in [1.807, 2.05) is 0 Å². The van der Waals surface area contributed by atoms with Crippen LogP contribution >= 0.6 is 23.4 Å². The zero-order valence-electron chi connectivity index (χ0n) is 16.1. The van der Waals surface area contributed by atoms with Gasteiger partial charge in [0, 0.05) is 31.9 Å². The molecular weight excluding hydrogens is 414 g/mol. The monoisotopic (exact) mass is 431 g/mol. The summed E-state index contributed by atoms with van der Waals surface area (Å²) in [7, 11) is 4.78. The van der Waals surface area contributed by atoms with Crippen LogP contribution in [0.15, 0.2) is 23.5 Å². The third-order valence-electron chi connectivity index (χ3n) is 4.23. The second kappa shape index (κ2) is 8.19. The molecule has 0 saturated heterocycles. The van der Waals surface area contributed by atoms with Crippen molar-refractivity contribution in [2.45, 2.75) is 17.3 Å². The highest BCUT2D eigenvalue weighted by molar-refractivity contribution is 8.00. The van der Waals surface area contributed by atoms with E-state index in [-0.39, 0.29) is 22.4 Å². The molecule has 2 heterocycles. The number of nitrogens with one attached hydrogen (secondary N) is 1. The van der Waals surface area contributed by atoms with Crippen molar-refractivity contribution in [3.8, 4) is 28.8 Å². The molecule has 1 aromatic carbocycles. The number of nitriles is 1. The molecule has 0 aliphatic carbocycles. The highest BCUT2D eigenvalue weighted by Crippen LogP contribution is 2.40. The Balaban J connectivity index is 2.20. The molecule has 2 N–H and O–H groups in total. The van der Waals surface area contributed by atoms with Crippen molar-refractivity contribution in [1.82, 2.24) is 19.9 Å². The van der Waals surface area contributed by atoms with Crippen LogP contribution in [-0.4, -0.2) is 57.3 Å². The predicted molar refractivity (Wildman–Crippen MR) is 111 cm³/mol. The van der Waals surface area contributed by atoms with Crippen molar-refractivity contribution in [1.29, 1.82) is 5.26 Å². The van der Waals surface area contributed by atoms with Gasteiger partial charge in [0.25, 0.3) is 0 Å². The van der Waals surface area contributed by atoms with Gasteiger partial charge >= 0.3 is 0 Å². The largest absolute Gasteiger partial charge is 0.504 e. The van der Waals surface area contributed by atoms with Crippen molar-refractivity contribution in [3.63, 3.8) is 0 Å². The van der Waals surface area contributed by atoms with Gasteiger partial charge in [0.2, 0.25) is 5.91 Å². The fourth-order valence-corrected chi connectivity index (χ4v) is 3.97. The number of halogens is 1. The quantitative estimate of drug-likeness (QED) is 0.469. The van der Waals surface area contributed by atoms with Gasteiger partial charge in [-0.15, -0.1) is 0 Å². The normalized spacial score (nSPS) is 11.9. The summed E-state index contributed by atoms with van der Waals surface area (Å²) in [6.45, 7) is 1.77. The molecule has 0 radical (unpaired) electrons. The molecule has 0 saturated carbocycles. The topological polar surface area (TPSA) is 115 Å². The number of phenolic OH excluding ortho intramolecular Hbond substituents is 1. The van der Waals surface area contributed by atoms with Gasteiger partial charge in [0.1, 0.15) is 11.7 Å². The summed E-state index contributed by atoms with van der Waals surface area (Å²) in [4.78, 5) is 25.7. The standard InChI is InChI=1S/C19H18ClN5O3S/c1-9(18(27)25(2)3)29-19-23-16(15-10(7-21)8-22-17(15)24-19)11-5-13(26)14(28-4)6-12(11)20/h5-6,8-9,26H,1-4H3,(H,22,23,24). The summed E-state index contributed by atoms with van der Waals surface area (Å²) < 4.78 is 5.09. The number of amides is 1. The Labute approximate surface area is 176 Å². The number of carbonyl (C=O) groups is 1. The van der Waals surface area contributed by atoms with Gasteiger partial charge in [-0.05, 0) is 13.0 Å². The predicted octanol–water partition coefficient (Wildman–Crippen LogP) is 3.43. The third kappa shape index (κ3) is 3.95. The average molecular weight is 432 g/mol.